The SMILES string of the molecule is OC(Cc1ccc(Cl)c(F)c1)c1ccc(Br)o1. The van der Waals surface area contributed by atoms with Crippen LogP contribution in [-0.4, -0.2) is 5.11 Å². The summed E-state index contributed by atoms with van der Waals surface area (Å²) < 4.78 is 19.0. The Labute approximate surface area is 111 Å². The topological polar surface area (TPSA) is 33.4 Å². The molecule has 0 saturated carbocycles. The molecular formula is C12H9BrClFO2. The van der Waals surface area contributed by atoms with E-state index in [1.54, 1.807) is 18.2 Å². The van der Waals surface area contributed by atoms with Gasteiger partial charge in [-0.3, -0.25) is 0 Å². The maximum Gasteiger partial charge on any atom is 0.169 e. The molecule has 1 N–H and O–H groups in total. The van der Waals surface area contributed by atoms with E-state index in [1.165, 1.54) is 12.1 Å². The summed E-state index contributed by atoms with van der Waals surface area (Å²) in [6.07, 6.45) is -0.532. The van der Waals surface area contributed by atoms with Crippen molar-refractivity contribution in [3.05, 3.63) is 57.2 Å². The minimum atomic E-state index is -0.804. The number of hydrogen-bond acceptors (Lipinski definition) is 2. The fourth-order valence-electron chi connectivity index (χ4n) is 1.50. The highest BCUT2D eigenvalue weighted by Crippen LogP contribution is 2.24. The van der Waals surface area contributed by atoms with Gasteiger partial charge in [0, 0.05) is 6.42 Å². The molecular weight excluding hydrogens is 310 g/mol. The summed E-state index contributed by atoms with van der Waals surface area (Å²) >= 11 is 8.73. The monoisotopic (exact) mass is 318 g/mol. The fourth-order valence-corrected chi connectivity index (χ4v) is 1.93. The van der Waals surface area contributed by atoms with Crippen molar-refractivity contribution in [1.29, 1.82) is 0 Å². The van der Waals surface area contributed by atoms with Crippen molar-refractivity contribution in [2.75, 3.05) is 0 Å². The van der Waals surface area contributed by atoms with E-state index in [2.05, 4.69) is 15.9 Å². The third-order valence-electron chi connectivity index (χ3n) is 2.34. The van der Waals surface area contributed by atoms with Crippen molar-refractivity contribution < 1.29 is 13.9 Å². The first kappa shape index (κ1) is 12.6. The molecule has 1 aromatic heterocycles. The van der Waals surface area contributed by atoms with E-state index in [0.29, 0.717) is 16.0 Å². The first-order valence-corrected chi connectivity index (χ1v) is 6.10. The molecule has 0 amide bonds. The molecule has 5 heteroatoms. The van der Waals surface area contributed by atoms with Crippen LogP contribution in [0.1, 0.15) is 17.4 Å². The zero-order valence-corrected chi connectivity index (χ0v) is 11.0. The van der Waals surface area contributed by atoms with Gasteiger partial charge in [-0.05, 0) is 45.8 Å². The number of benzene rings is 1. The molecule has 1 heterocycles. The van der Waals surface area contributed by atoms with Crippen LogP contribution in [0.2, 0.25) is 5.02 Å². The number of halogens is 3. The molecule has 1 atom stereocenters. The Morgan fingerprint density at radius 3 is 2.71 bits per heavy atom. The van der Waals surface area contributed by atoms with E-state index in [1.807, 2.05) is 0 Å². The highest BCUT2D eigenvalue weighted by molar-refractivity contribution is 9.10. The number of furan rings is 1. The predicted molar refractivity (Wildman–Crippen MR) is 66.5 cm³/mol. The van der Waals surface area contributed by atoms with E-state index in [9.17, 15) is 9.50 Å². The van der Waals surface area contributed by atoms with Gasteiger partial charge in [0.05, 0.1) is 5.02 Å². The van der Waals surface area contributed by atoms with Crippen LogP contribution in [0.3, 0.4) is 0 Å². The molecule has 0 aliphatic rings. The maximum absolute atomic E-state index is 13.2. The van der Waals surface area contributed by atoms with Crippen LogP contribution in [0.25, 0.3) is 0 Å². The van der Waals surface area contributed by atoms with Crippen LogP contribution >= 0.6 is 27.5 Å². The lowest BCUT2D eigenvalue weighted by Crippen LogP contribution is -2.00. The Hall–Kier alpha value is -0.840. The molecule has 0 saturated heterocycles. The lowest BCUT2D eigenvalue weighted by molar-refractivity contribution is 0.148. The summed E-state index contributed by atoms with van der Waals surface area (Å²) in [5, 5.41) is 9.95. The van der Waals surface area contributed by atoms with Crippen LogP contribution in [-0.2, 0) is 6.42 Å². The molecule has 2 nitrogen and oxygen atoms in total. The summed E-state index contributed by atoms with van der Waals surface area (Å²) in [7, 11) is 0. The summed E-state index contributed by atoms with van der Waals surface area (Å²) in [5.74, 6) is -0.0516. The van der Waals surface area contributed by atoms with Crippen molar-refractivity contribution in [2.24, 2.45) is 0 Å². The van der Waals surface area contributed by atoms with Crippen molar-refractivity contribution in [2.45, 2.75) is 12.5 Å². The molecule has 90 valence electrons. The third kappa shape index (κ3) is 3.09. The minimum Gasteiger partial charge on any atom is -0.452 e. The Morgan fingerprint density at radius 1 is 1.35 bits per heavy atom. The summed E-state index contributed by atoms with van der Waals surface area (Å²) in [4.78, 5) is 0. The van der Waals surface area contributed by atoms with E-state index in [-0.39, 0.29) is 11.4 Å². The first-order chi connectivity index (χ1) is 8.06. The van der Waals surface area contributed by atoms with Crippen LogP contribution in [0.5, 0.6) is 0 Å². The summed E-state index contributed by atoms with van der Waals surface area (Å²) in [5.41, 5.74) is 0.659. The van der Waals surface area contributed by atoms with Crippen molar-refractivity contribution in [1.82, 2.24) is 0 Å². The van der Waals surface area contributed by atoms with Gasteiger partial charge in [0.15, 0.2) is 4.67 Å². The van der Waals surface area contributed by atoms with E-state index in [0.717, 1.165) is 0 Å². The number of aliphatic hydroxyl groups is 1. The molecule has 0 aliphatic heterocycles. The lowest BCUT2D eigenvalue weighted by Gasteiger charge is -2.08. The Bertz CT molecular complexity index is 527. The second-order valence-corrected chi connectivity index (χ2v) is 4.80. The average Bonchev–Trinajstić information content (AvgIpc) is 2.70. The number of hydrogen-bond donors (Lipinski definition) is 1. The number of rotatable bonds is 3. The van der Waals surface area contributed by atoms with Gasteiger partial charge < -0.3 is 9.52 Å². The maximum atomic E-state index is 13.2. The van der Waals surface area contributed by atoms with Gasteiger partial charge in [0.25, 0.3) is 0 Å². The van der Waals surface area contributed by atoms with Crippen LogP contribution in [0, 0.1) is 5.82 Å². The van der Waals surface area contributed by atoms with E-state index in [4.69, 9.17) is 16.0 Å². The molecule has 1 unspecified atom stereocenters. The lowest BCUT2D eigenvalue weighted by atomic mass is 10.1. The van der Waals surface area contributed by atoms with Crippen LogP contribution in [0.15, 0.2) is 39.4 Å². The molecule has 17 heavy (non-hydrogen) atoms. The smallest absolute Gasteiger partial charge is 0.169 e. The molecule has 0 bridgehead atoms. The molecule has 0 fully saturated rings. The van der Waals surface area contributed by atoms with Gasteiger partial charge in [0.1, 0.15) is 17.7 Å². The van der Waals surface area contributed by atoms with E-state index >= 15 is 0 Å². The highest BCUT2D eigenvalue weighted by Gasteiger charge is 2.13. The largest absolute Gasteiger partial charge is 0.452 e. The normalized spacial score (nSPS) is 12.7. The van der Waals surface area contributed by atoms with Crippen molar-refractivity contribution in [3.63, 3.8) is 0 Å². The third-order valence-corrected chi connectivity index (χ3v) is 3.07. The second-order valence-electron chi connectivity index (χ2n) is 3.61. The number of aliphatic hydroxyl groups excluding tert-OH is 1. The van der Waals surface area contributed by atoms with Crippen LogP contribution < -0.4 is 0 Å². The second kappa shape index (κ2) is 5.21. The van der Waals surface area contributed by atoms with Gasteiger partial charge in [0.2, 0.25) is 0 Å². The molecule has 1 aromatic carbocycles. The standard InChI is InChI=1S/C12H9BrClFO2/c13-12-4-3-11(17-12)10(16)6-7-1-2-8(14)9(15)5-7/h1-5,10,16H,6H2. The summed E-state index contributed by atoms with van der Waals surface area (Å²) in [6, 6.07) is 7.81. The Balaban J connectivity index is 2.12. The molecule has 2 aromatic rings. The Kier molecular flexibility index (Phi) is 3.86. The van der Waals surface area contributed by atoms with E-state index < -0.39 is 11.9 Å². The average molecular weight is 320 g/mol. The van der Waals surface area contributed by atoms with Crippen molar-refractivity contribution in [3.8, 4) is 0 Å². The summed E-state index contributed by atoms with van der Waals surface area (Å²) in [6.45, 7) is 0. The predicted octanol–water partition coefficient (Wildman–Crippen LogP) is 4.11. The zero-order chi connectivity index (χ0) is 12.4. The fraction of sp³-hybridized carbons (Fsp3) is 0.167. The molecule has 2 rings (SSSR count). The van der Waals surface area contributed by atoms with Crippen LogP contribution in [0.4, 0.5) is 4.39 Å². The van der Waals surface area contributed by atoms with Gasteiger partial charge in [-0.1, -0.05) is 17.7 Å². The Morgan fingerprint density at radius 2 is 2.12 bits per heavy atom. The molecule has 0 radical (unpaired) electrons. The van der Waals surface area contributed by atoms with Gasteiger partial charge >= 0.3 is 0 Å². The van der Waals surface area contributed by atoms with Gasteiger partial charge in [-0.2, -0.15) is 0 Å². The van der Waals surface area contributed by atoms with Gasteiger partial charge in [-0.15, -0.1) is 0 Å². The van der Waals surface area contributed by atoms with Gasteiger partial charge in [-0.25, -0.2) is 4.39 Å². The van der Waals surface area contributed by atoms with Crippen molar-refractivity contribution >= 4 is 27.5 Å². The molecule has 0 aliphatic carbocycles. The first-order valence-electron chi connectivity index (χ1n) is 4.93. The zero-order valence-electron chi connectivity index (χ0n) is 8.66. The molecule has 0 spiro atoms. The highest BCUT2D eigenvalue weighted by atomic mass is 79.9. The minimum absolute atomic E-state index is 0.0731. The quantitative estimate of drug-likeness (QED) is 0.923.